The summed E-state index contributed by atoms with van der Waals surface area (Å²) in [5.74, 6) is 0.231. The van der Waals surface area contributed by atoms with Gasteiger partial charge in [-0.05, 0) is 37.1 Å². The average Bonchev–Trinajstić information content (AvgIpc) is 2.19. The predicted octanol–water partition coefficient (Wildman–Crippen LogP) is 2.86. The van der Waals surface area contributed by atoms with E-state index in [1.54, 1.807) is 12.1 Å². The minimum Gasteiger partial charge on any atom is -0.508 e. The molecule has 1 atom stereocenters. The Morgan fingerprint density at radius 1 is 1.36 bits per heavy atom. The second-order valence-electron chi connectivity index (χ2n) is 3.71. The SMILES string of the molecule is Oc1ccc([C@@H]2CCCCN2)c(Cl)c1. The van der Waals surface area contributed by atoms with Gasteiger partial charge >= 0.3 is 0 Å². The van der Waals surface area contributed by atoms with E-state index in [1.165, 1.54) is 12.8 Å². The molecule has 0 radical (unpaired) electrons. The summed E-state index contributed by atoms with van der Waals surface area (Å²) in [6, 6.07) is 5.56. The van der Waals surface area contributed by atoms with Crippen molar-refractivity contribution in [2.24, 2.45) is 0 Å². The second-order valence-corrected chi connectivity index (χ2v) is 4.12. The third kappa shape index (κ3) is 2.02. The smallest absolute Gasteiger partial charge is 0.117 e. The van der Waals surface area contributed by atoms with Crippen molar-refractivity contribution in [2.45, 2.75) is 25.3 Å². The highest BCUT2D eigenvalue weighted by atomic mass is 35.5. The lowest BCUT2D eigenvalue weighted by Gasteiger charge is -2.24. The highest BCUT2D eigenvalue weighted by molar-refractivity contribution is 6.31. The minimum atomic E-state index is 0.231. The molecule has 0 amide bonds. The Bertz CT molecular complexity index is 321. The molecule has 14 heavy (non-hydrogen) atoms. The van der Waals surface area contributed by atoms with Gasteiger partial charge in [0.2, 0.25) is 0 Å². The monoisotopic (exact) mass is 211 g/mol. The van der Waals surface area contributed by atoms with Crippen molar-refractivity contribution in [3.63, 3.8) is 0 Å². The number of hydrogen-bond acceptors (Lipinski definition) is 2. The Morgan fingerprint density at radius 2 is 2.21 bits per heavy atom. The van der Waals surface area contributed by atoms with Crippen LogP contribution in [-0.2, 0) is 0 Å². The Labute approximate surface area is 88.9 Å². The topological polar surface area (TPSA) is 32.3 Å². The molecule has 0 bridgehead atoms. The first-order chi connectivity index (χ1) is 6.77. The maximum atomic E-state index is 9.23. The largest absolute Gasteiger partial charge is 0.508 e. The Morgan fingerprint density at radius 3 is 2.86 bits per heavy atom. The van der Waals surface area contributed by atoms with Crippen molar-refractivity contribution < 1.29 is 5.11 Å². The fourth-order valence-corrected chi connectivity index (χ4v) is 2.22. The number of hydrogen-bond donors (Lipinski definition) is 2. The second kappa shape index (κ2) is 4.20. The molecular formula is C11H14ClNO. The minimum absolute atomic E-state index is 0.231. The fourth-order valence-electron chi connectivity index (χ4n) is 1.92. The van der Waals surface area contributed by atoms with Gasteiger partial charge in [0.25, 0.3) is 0 Å². The summed E-state index contributed by atoms with van der Waals surface area (Å²) in [6.45, 7) is 1.06. The molecule has 1 heterocycles. The molecule has 1 aliphatic rings. The number of aromatic hydroxyl groups is 1. The van der Waals surface area contributed by atoms with E-state index in [9.17, 15) is 5.11 Å². The molecule has 3 heteroatoms. The standard InChI is InChI=1S/C11H14ClNO/c12-10-7-8(14)4-5-9(10)11-3-1-2-6-13-11/h4-5,7,11,13-14H,1-3,6H2/t11-/m0/s1. The number of nitrogens with one attached hydrogen (secondary N) is 1. The van der Waals surface area contributed by atoms with Gasteiger partial charge in [0, 0.05) is 11.1 Å². The van der Waals surface area contributed by atoms with Gasteiger partial charge in [-0.15, -0.1) is 0 Å². The zero-order valence-electron chi connectivity index (χ0n) is 7.96. The molecule has 1 fully saturated rings. The molecule has 76 valence electrons. The molecule has 1 aliphatic heterocycles. The van der Waals surface area contributed by atoms with E-state index in [0.717, 1.165) is 18.5 Å². The van der Waals surface area contributed by atoms with Gasteiger partial charge in [-0.2, -0.15) is 0 Å². The van der Waals surface area contributed by atoms with E-state index in [0.29, 0.717) is 11.1 Å². The lowest BCUT2D eigenvalue weighted by Crippen LogP contribution is -2.26. The third-order valence-corrected chi connectivity index (χ3v) is 3.00. The molecule has 0 unspecified atom stereocenters. The van der Waals surface area contributed by atoms with Crippen LogP contribution in [0.5, 0.6) is 5.75 Å². The van der Waals surface area contributed by atoms with Crippen LogP contribution in [0.4, 0.5) is 0 Å². The van der Waals surface area contributed by atoms with Gasteiger partial charge in [0.15, 0.2) is 0 Å². The van der Waals surface area contributed by atoms with E-state index in [4.69, 9.17) is 11.6 Å². The van der Waals surface area contributed by atoms with Crippen molar-refractivity contribution in [1.82, 2.24) is 5.32 Å². The summed E-state index contributed by atoms with van der Waals surface area (Å²) >= 11 is 6.06. The lowest BCUT2D eigenvalue weighted by molar-refractivity contribution is 0.411. The maximum Gasteiger partial charge on any atom is 0.117 e. The van der Waals surface area contributed by atoms with Crippen molar-refractivity contribution in [1.29, 1.82) is 0 Å². The van der Waals surface area contributed by atoms with Crippen LogP contribution in [0.15, 0.2) is 18.2 Å². The Kier molecular flexibility index (Phi) is 2.94. The van der Waals surface area contributed by atoms with Gasteiger partial charge in [0.05, 0.1) is 0 Å². The average molecular weight is 212 g/mol. The van der Waals surface area contributed by atoms with Crippen molar-refractivity contribution in [3.05, 3.63) is 28.8 Å². The van der Waals surface area contributed by atoms with Crippen LogP contribution in [-0.4, -0.2) is 11.7 Å². The molecule has 2 nitrogen and oxygen atoms in total. The molecule has 0 aliphatic carbocycles. The van der Waals surface area contributed by atoms with Gasteiger partial charge in [0.1, 0.15) is 5.75 Å². The van der Waals surface area contributed by atoms with Gasteiger partial charge in [-0.1, -0.05) is 24.1 Å². The van der Waals surface area contributed by atoms with Crippen LogP contribution >= 0.6 is 11.6 Å². The van der Waals surface area contributed by atoms with Crippen LogP contribution in [0.1, 0.15) is 30.9 Å². The summed E-state index contributed by atoms with van der Waals surface area (Å²) in [7, 11) is 0. The molecule has 1 saturated heterocycles. The van der Waals surface area contributed by atoms with E-state index in [-0.39, 0.29) is 5.75 Å². The number of piperidine rings is 1. The third-order valence-electron chi connectivity index (χ3n) is 2.67. The number of rotatable bonds is 1. The molecule has 1 aromatic carbocycles. The van der Waals surface area contributed by atoms with Gasteiger partial charge in [-0.25, -0.2) is 0 Å². The molecule has 2 rings (SSSR count). The summed E-state index contributed by atoms with van der Waals surface area (Å²) < 4.78 is 0. The molecule has 0 saturated carbocycles. The number of halogens is 1. The normalized spacial score (nSPS) is 22.2. The van der Waals surface area contributed by atoms with Crippen molar-refractivity contribution >= 4 is 11.6 Å². The molecular weight excluding hydrogens is 198 g/mol. The summed E-state index contributed by atoms with van der Waals surface area (Å²) in [4.78, 5) is 0. The van der Waals surface area contributed by atoms with E-state index in [2.05, 4.69) is 5.32 Å². The fraction of sp³-hybridized carbons (Fsp3) is 0.455. The van der Waals surface area contributed by atoms with Crippen LogP contribution in [0, 0.1) is 0 Å². The van der Waals surface area contributed by atoms with Crippen LogP contribution in [0.2, 0.25) is 5.02 Å². The van der Waals surface area contributed by atoms with Crippen molar-refractivity contribution in [3.8, 4) is 5.75 Å². The van der Waals surface area contributed by atoms with Crippen LogP contribution in [0.3, 0.4) is 0 Å². The highest BCUT2D eigenvalue weighted by Gasteiger charge is 2.17. The number of benzene rings is 1. The zero-order valence-corrected chi connectivity index (χ0v) is 8.72. The Balaban J connectivity index is 2.22. The van der Waals surface area contributed by atoms with Gasteiger partial charge in [-0.3, -0.25) is 0 Å². The summed E-state index contributed by atoms with van der Waals surface area (Å²) in [6.07, 6.45) is 3.62. The van der Waals surface area contributed by atoms with Crippen molar-refractivity contribution in [2.75, 3.05) is 6.54 Å². The van der Waals surface area contributed by atoms with E-state index >= 15 is 0 Å². The van der Waals surface area contributed by atoms with Gasteiger partial charge < -0.3 is 10.4 Å². The molecule has 0 aromatic heterocycles. The Hall–Kier alpha value is -0.730. The summed E-state index contributed by atoms with van der Waals surface area (Å²) in [5.41, 5.74) is 1.10. The molecule has 1 aromatic rings. The van der Waals surface area contributed by atoms with Crippen LogP contribution < -0.4 is 5.32 Å². The van der Waals surface area contributed by atoms with E-state index < -0.39 is 0 Å². The zero-order chi connectivity index (χ0) is 9.97. The summed E-state index contributed by atoms with van der Waals surface area (Å²) in [5, 5.41) is 13.3. The number of phenols is 1. The first kappa shape index (κ1) is 9.81. The highest BCUT2D eigenvalue weighted by Crippen LogP contribution is 2.30. The molecule has 2 N–H and O–H groups in total. The predicted molar refractivity (Wildman–Crippen MR) is 57.7 cm³/mol. The number of phenolic OH excluding ortho intramolecular Hbond substituents is 1. The van der Waals surface area contributed by atoms with E-state index in [1.807, 2.05) is 6.07 Å². The quantitative estimate of drug-likeness (QED) is 0.749. The first-order valence-electron chi connectivity index (χ1n) is 4.99. The van der Waals surface area contributed by atoms with Crippen LogP contribution in [0.25, 0.3) is 0 Å². The first-order valence-corrected chi connectivity index (χ1v) is 5.37. The lowest BCUT2D eigenvalue weighted by atomic mass is 9.97. The maximum absolute atomic E-state index is 9.23. The molecule has 0 spiro atoms.